The number of nitriles is 1. The summed E-state index contributed by atoms with van der Waals surface area (Å²) in [5.74, 6) is 0.298. The third kappa shape index (κ3) is 4.09. The van der Waals surface area contributed by atoms with E-state index in [4.69, 9.17) is 0 Å². The van der Waals surface area contributed by atoms with Crippen molar-refractivity contribution < 1.29 is 9.90 Å². The lowest BCUT2D eigenvalue weighted by Crippen LogP contribution is -2.41. The van der Waals surface area contributed by atoms with Gasteiger partial charge in [0.15, 0.2) is 0 Å². The molecule has 0 aromatic heterocycles. The average molecular weight is 284 g/mol. The number of nitrogens with zero attached hydrogens (tertiary/aromatic N) is 1. The van der Waals surface area contributed by atoms with E-state index in [-0.39, 0.29) is 23.3 Å². The van der Waals surface area contributed by atoms with Crippen molar-refractivity contribution in [3.05, 3.63) is 35.4 Å². The molecule has 4 nitrogen and oxygen atoms in total. The summed E-state index contributed by atoms with van der Waals surface area (Å²) in [7, 11) is 0. The third-order valence-corrected chi connectivity index (χ3v) is 4.00. The summed E-state index contributed by atoms with van der Waals surface area (Å²) in [6.07, 6.45) is 5.97. The molecule has 4 heteroatoms. The Balaban J connectivity index is 2.08. The largest absolute Gasteiger partial charge is 0.508 e. The van der Waals surface area contributed by atoms with Crippen molar-refractivity contribution in [2.24, 2.45) is 5.92 Å². The van der Waals surface area contributed by atoms with Crippen molar-refractivity contribution in [1.29, 1.82) is 5.26 Å². The predicted octanol–water partition coefficient (Wildman–Crippen LogP) is 2.99. The van der Waals surface area contributed by atoms with Gasteiger partial charge in [-0.15, -0.1) is 0 Å². The lowest BCUT2D eigenvalue weighted by Gasteiger charge is -2.29. The molecule has 2 atom stereocenters. The molecule has 2 rings (SSSR count). The number of hydrogen-bond acceptors (Lipinski definition) is 3. The van der Waals surface area contributed by atoms with Gasteiger partial charge in [-0.3, -0.25) is 4.79 Å². The molecule has 0 spiro atoms. The molecular weight excluding hydrogens is 264 g/mol. The van der Waals surface area contributed by atoms with E-state index >= 15 is 0 Å². The van der Waals surface area contributed by atoms with E-state index in [0.29, 0.717) is 5.92 Å². The van der Waals surface area contributed by atoms with Crippen LogP contribution in [0.4, 0.5) is 0 Å². The average Bonchev–Trinajstić information content (AvgIpc) is 2.49. The standard InChI is InChI=1S/C17H20N2O2/c1-12-4-2-3-5-16(12)19-17(21)14(11-18)10-13-6-8-15(20)9-7-13/h6-10,12,16,20H,2-5H2,1H3,(H,19,21)/b14-10+/t12-,16+/m1/s1. The zero-order valence-corrected chi connectivity index (χ0v) is 12.2. The molecule has 110 valence electrons. The highest BCUT2D eigenvalue weighted by Gasteiger charge is 2.23. The van der Waals surface area contributed by atoms with E-state index in [1.807, 2.05) is 6.07 Å². The Kier molecular flexibility index (Phi) is 4.99. The van der Waals surface area contributed by atoms with Crippen LogP contribution in [0.2, 0.25) is 0 Å². The van der Waals surface area contributed by atoms with Gasteiger partial charge in [-0.1, -0.05) is 31.9 Å². The summed E-state index contributed by atoms with van der Waals surface area (Å²) in [5.41, 5.74) is 0.814. The third-order valence-electron chi connectivity index (χ3n) is 4.00. The quantitative estimate of drug-likeness (QED) is 0.662. The molecule has 2 N–H and O–H groups in total. The van der Waals surface area contributed by atoms with Gasteiger partial charge < -0.3 is 10.4 Å². The molecule has 1 aromatic rings. The van der Waals surface area contributed by atoms with Crippen LogP contribution in [0.25, 0.3) is 6.08 Å². The fraction of sp³-hybridized carbons (Fsp3) is 0.412. The van der Waals surface area contributed by atoms with E-state index in [9.17, 15) is 15.2 Å². The van der Waals surface area contributed by atoms with E-state index in [2.05, 4.69) is 12.2 Å². The number of phenolic OH excluding ortho intramolecular Hbond substituents is 1. The predicted molar refractivity (Wildman–Crippen MR) is 81.3 cm³/mol. The summed E-state index contributed by atoms with van der Waals surface area (Å²) in [6, 6.07) is 8.51. The molecule has 0 unspecified atom stereocenters. The lowest BCUT2D eigenvalue weighted by molar-refractivity contribution is -0.118. The van der Waals surface area contributed by atoms with Crippen molar-refractivity contribution in [3.8, 4) is 11.8 Å². The van der Waals surface area contributed by atoms with Gasteiger partial charge in [0.25, 0.3) is 5.91 Å². The van der Waals surface area contributed by atoms with Gasteiger partial charge in [-0.2, -0.15) is 5.26 Å². The van der Waals surface area contributed by atoms with Crippen LogP contribution in [0.1, 0.15) is 38.2 Å². The van der Waals surface area contributed by atoms with Crippen LogP contribution in [0.3, 0.4) is 0 Å². The molecule has 1 aliphatic carbocycles. The molecule has 1 amide bonds. The summed E-state index contributed by atoms with van der Waals surface area (Å²) >= 11 is 0. The van der Waals surface area contributed by atoms with Crippen LogP contribution in [0, 0.1) is 17.2 Å². The number of carbonyl (C=O) groups is 1. The monoisotopic (exact) mass is 284 g/mol. The first kappa shape index (κ1) is 15.1. The van der Waals surface area contributed by atoms with Gasteiger partial charge in [0, 0.05) is 6.04 Å². The Bertz CT molecular complexity index is 569. The lowest BCUT2D eigenvalue weighted by atomic mass is 9.86. The Labute approximate surface area is 125 Å². The zero-order valence-electron chi connectivity index (χ0n) is 12.2. The maximum atomic E-state index is 12.2. The first-order chi connectivity index (χ1) is 10.1. The van der Waals surface area contributed by atoms with Crippen molar-refractivity contribution in [2.45, 2.75) is 38.6 Å². The minimum Gasteiger partial charge on any atom is -0.508 e. The number of amides is 1. The molecule has 21 heavy (non-hydrogen) atoms. The summed E-state index contributed by atoms with van der Waals surface area (Å²) in [5, 5.41) is 21.4. The fourth-order valence-electron chi connectivity index (χ4n) is 2.66. The molecule has 0 heterocycles. The van der Waals surface area contributed by atoms with Crippen LogP contribution in [0.5, 0.6) is 5.75 Å². The Morgan fingerprint density at radius 2 is 2.00 bits per heavy atom. The number of hydrogen-bond donors (Lipinski definition) is 2. The fourth-order valence-corrected chi connectivity index (χ4v) is 2.66. The molecule has 0 radical (unpaired) electrons. The van der Waals surface area contributed by atoms with E-state index < -0.39 is 0 Å². The molecule has 0 bridgehead atoms. The normalized spacial score (nSPS) is 22.4. The van der Waals surface area contributed by atoms with E-state index in [1.54, 1.807) is 18.2 Å². The van der Waals surface area contributed by atoms with Crippen molar-refractivity contribution >= 4 is 12.0 Å². The SMILES string of the molecule is C[C@@H]1CCCC[C@@H]1NC(=O)/C(C#N)=C/c1ccc(O)cc1. The van der Waals surface area contributed by atoms with Crippen LogP contribution < -0.4 is 5.32 Å². The van der Waals surface area contributed by atoms with E-state index in [0.717, 1.165) is 24.8 Å². The van der Waals surface area contributed by atoms with Gasteiger partial charge in [-0.25, -0.2) is 0 Å². The second-order valence-electron chi connectivity index (χ2n) is 5.60. The number of aromatic hydroxyl groups is 1. The zero-order chi connectivity index (χ0) is 15.2. The summed E-state index contributed by atoms with van der Waals surface area (Å²) in [4.78, 5) is 12.2. The summed E-state index contributed by atoms with van der Waals surface area (Å²) < 4.78 is 0. The van der Waals surface area contributed by atoms with Crippen molar-refractivity contribution in [3.63, 3.8) is 0 Å². The number of benzene rings is 1. The highest BCUT2D eigenvalue weighted by atomic mass is 16.3. The Morgan fingerprint density at radius 1 is 1.33 bits per heavy atom. The van der Waals surface area contributed by atoms with Gasteiger partial charge in [0.05, 0.1) is 0 Å². The van der Waals surface area contributed by atoms with E-state index in [1.165, 1.54) is 18.6 Å². The molecule has 1 aliphatic rings. The van der Waals surface area contributed by atoms with Gasteiger partial charge in [-0.05, 0) is 42.5 Å². The minimum absolute atomic E-state index is 0.0958. The van der Waals surface area contributed by atoms with Crippen molar-refractivity contribution in [2.75, 3.05) is 0 Å². The second-order valence-corrected chi connectivity index (χ2v) is 5.60. The molecule has 1 aromatic carbocycles. The highest BCUT2D eigenvalue weighted by molar-refractivity contribution is 6.01. The molecule has 1 saturated carbocycles. The highest BCUT2D eigenvalue weighted by Crippen LogP contribution is 2.24. The first-order valence-corrected chi connectivity index (χ1v) is 7.32. The van der Waals surface area contributed by atoms with Crippen LogP contribution in [-0.2, 0) is 4.79 Å². The number of rotatable bonds is 3. The van der Waals surface area contributed by atoms with Gasteiger partial charge >= 0.3 is 0 Å². The van der Waals surface area contributed by atoms with Crippen molar-refractivity contribution in [1.82, 2.24) is 5.32 Å². The molecular formula is C17H20N2O2. The maximum Gasteiger partial charge on any atom is 0.262 e. The van der Waals surface area contributed by atoms with Gasteiger partial charge in [0.2, 0.25) is 0 Å². The second kappa shape index (κ2) is 6.94. The van der Waals surface area contributed by atoms with Crippen LogP contribution >= 0.6 is 0 Å². The minimum atomic E-state index is -0.315. The molecule has 1 fully saturated rings. The Hall–Kier alpha value is -2.28. The topological polar surface area (TPSA) is 73.1 Å². The molecule has 0 aliphatic heterocycles. The number of nitrogens with one attached hydrogen (secondary N) is 1. The smallest absolute Gasteiger partial charge is 0.262 e. The summed E-state index contributed by atoms with van der Waals surface area (Å²) in [6.45, 7) is 2.14. The van der Waals surface area contributed by atoms with Gasteiger partial charge in [0.1, 0.15) is 17.4 Å². The number of phenols is 1. The van der Waals surface area contributed by atoms with Crippen LogP contribution in [-0.4, -0.2) is 17.1 Å². The maximum absolute atomic E-state index is 12.2. The molecule has 0 saturated heterocycles. The first-order valence-electron chi connectivity index (χ1n) is 7.32. The van der Waals surface area contributed by atoms with Crippen LogP contribution in [0.15, 0.2) is 29.8 Å². The Morgan fingerprint density at radius 3 is 2.62 bits per heavy atom. The number of carbonyl (C=O) groups excluding carboxylic acids is 1.